The molecule has 146 valence electrons. The molecule has 27 heavy (non-hydrogen) atoms. The van der Waals surface area contributed by atoms with Gasteiger partial charge in [-0.25, -0.2) is 14.3 Å². The van der Waals surface area contributed by atoms with Gasteiger partial charge in [0.15, 0.2) is 0 Å². The molecule has 8 nitrogen and oxygen atoms in total. The molecule has 0 bridgehead atoms. The molecule has 9 heteroatoms. The first-order valence-corrected chi connectivity index (χ1v) is 11.0. The van der Waals surface area contributed by atoms with Gasteiger partial charge in [0.05, 0.1) is 5.75 Å². The fourth-order valence-corrected chi connectivity index (χ4v) is 6.43. The van der Waals surface area contributed by atoms with Gasteiger partial charge in [-0.15, -0.1) is 0 Å². The van der Waals surface area contributed by atoms with Gasteiger partial charge >= 0.3 is 0 Å². The average molecular weight is 392 g/mol. The third kappa shape index (κ3) is 3.13. The second kappa shape index (κ2) is 6.88. The fraction of sp³-hybridized carbons (Fsp3) is 0.556. The van der Waals surface area contributed by atoms with Crippen molar-refractivity contribution in [3.63, 3.8) is 0 Å². The molecule has 2 fully saturated rings. The van der Waals surface area contributed by atoms with E-state index in [1.807, 2.05) is 0 Å². The molecule has 0 unspecified atom stereocenters. The van der Waals surface area contributed by atoms with Crippen molar-refractivity contribution in [1.82, 2.24) is 14.6 Å². The number of sulfonamides is 1. The summed E-state index contributed by atoms with van der Waals surface area (Å²) in [6.07, 6.45) is 4.19. The second-order valence-corrected chi connectivity index (χ2v) is 9.52. The summed E-state index contributed by atoms with van der Waals surface area (Å²) < 4.78 is 26.5. The standard InChI is InChI=1S/C18H24N4O4S/c19-20-17(23)12-6-7-13-11-21(18(24)14(13)10-12)15-4-1-2-5-16(15)22-8-3-9-27(22,25)26/h6-7,10,15-16H,1-5,8-9,11,19H2,(H,20,23)/t15-,16-/m1/s1. The molecular weight excluding hydrogens is 368 g/mol. The summed E-state index contributed by atoms with van der Waals surface area (Å²) in [6.45, 7) is 0.993. The third-order valence-electron chi connectivity index (χ3n) is 5.94. The number of nitrogens with one attached hydrogen (secondary N) is 1. The lowest BCUT2D eigenvalue weighted by molar-refractivity contribution is 0.0531. The number of carbonyl (C=O) groups is 2. The Hall–Kier alpha value is -1.97. The number of hydrogen-bond donors (Lipinski definition) is 2. The van der Waals surface area contributed by atoms with E-state index in [1.54, 1.807) is 27.4 Å². The molecule has 2 heterocycles. The van der Waals surface area contributed by atoms with E-state index in [1.165, 1.54) is 0 Å². The van der Waals surface area contributed by atoms with E-state index in [9.17, 15) is 18.0 Å². The van der Waals surface area contributed by atoms with Crippen LogP contribution < -0.4 is 11.3 Å². The molecule has 2 atom stereocenters. The molecule has 1 saturated heterocycles. The Balaban J connectivity index is 1.62. The number of nitrogen functional groups attached to an aromatic ring is 1. The predicted octanol–water partition coefficient (Wildman–Crippen LogP) is 0.593. The normalized spacial score (nSPS) is 27.6. The van der Waals surface area contributed by atoms with Crippen LogP contribution in [0.25, 0.3) is 0 Å². The molecular formula is C18H24N4O4S. The number of nitrogens with two attached hydrogens (primary N) is 1. The van der Waals surface area contributed by atoms with Gasteiger partial charge in [-0.3, -0.25) is 15.0 Å². The highest BCUT2D eigenvalue weighted by molar-refractivity contribution is 7.89. The van der Waals surface area contributed by atoms with E-state index in [0.29, 0.717) is 30.6 Å². The number of fused-ring (bicyclic) bond motifs is 1. The van der Waals surface area contributed by atoms with Crippen molar-refractivity contribution in [2.75, 3.05) is 12.3 Å². The zero-order chi connectivity index (χ0) is 19.2. The number of hydrazine groups is 1. The van der Waals surface area contributed by atoms with Gasteiger partial charge in [-0.1, -0.05) is 18.9 Å². The van der Waals surface area contributed by atoms with Crippen molar-refractivity contribution in [3.05, 3.63) is 34.9 Å². The number of carbonyl (C=O) groups excluding carboxylic acids is 2. The van der Waals surface area contributed by atoms with Gasteiger partial charge in [0.25, 0.3) is 11.8 Å². The van der Waals surface area contributed by atoms with Crippen LogP contribution in [0.5, 0.6) is 0 Å². The fourth-order valence-electron chi connectivity index (χ4n) is 4.64. The van der Waals surface area contributed by atoms with Crippen LogP contribution in [0.3, 0.4) is 0 Å². The summed E-state index contributed by atoms with van der Waals surface area (Å²) in [5.74, 6) is 4.80. The summed E-state index contributed by atoms with van der Waals surface area (Å²) in [4.78, 5) is 26.6. The number of amides is 2. The smallest absolute Gasteiger partial charge is 0.265 e. The van der Waals surface area contributed by atoms with E-state index in [2.05, 4.69) is 5.43 Å². The minimum Gasteiger partial charge on any atom is -0.330 e. The first-order chi connectivity index (χ1) is 12.9. The van der Waals surface area contributed by atoms with Crippen molar-refractivity contribution in [2.45, 2.75) is 50.7 Å². The zero-order valence-corrected chi connectivity index (χ0v) is 15.9. The zero-order valence-electron chi connectivity index (χ0n) is 15.1. The van der Waals surface area contributed by atoms with Crippen LogP contribution in [-0.2, 0) is 16.6 Å². The van der Waals surface area contributed by atoms with Crippen LogP contribution in [0.1, 0.15) is 58.4 Å². The SMILES string of the molecule is NNC(=O)c1ccc2c(c1)C(=O)N([C@@H]1CCCC[C@H]1N1CCCS1(=O)=O)C2. The molecule has 1 aliphatic carbocycles. The topological polar surface area (TPSA) is 113 Å². The molecule has 2 amide bonds. The summed E-state index contributed by atoms with van der Waals surface area (Å²) in [7, 11) is -3.23. The van der Waals surface area contributed by atoms with E-state index in [4.69, 9.17) is 5.84 Å². The average Bonchev–Trinajstić information content (AvgIpc) is 3.19. The van der Waals surface area contributed by atoms with Crippen molar-refractivity contribution in [1.29, 1.82) is 0 Å². The molecule has 0 aromatic heterocycles. The Morgan fingerprint density at radius 3 is 2.56 bits per heavy atom. The Morgan fingerprint density at radius 2 is 1.89 bits per heavy atom. The lowest BCUT2D eigenvalue weighted by Crippen LogP contribution is -2.53. The Labute approximate surface area is 158 Å². The summed E-state index contributed by atoms with van der Waals surface area (Å²) in [6, 6.07) is 4.72. The Morgan fingerprint density at radius 1 is 1.15 bits per heavy atom. The van der Waals surface area contributed by atoms with Crippen molar-refractivity contribution in [3.8, 4) is 0 Å². The monoisotopic (exact) mass is 392 g/mol. The number of nitrogens with zero attached hydrogens (tertiary/aromatic N) is 2. The first-order valence-electron chi connectivity index (χ1n) is 9.37. The lowest BCUT2D eigenvalue weighted by Gasteiger charge is -2.41. The van der Waals surface area contributed by atoms with Gasteiger partial charge in [-0.2, -0.15) is 4.31 Å². The van der Waals surface area contributed by atoms with Gasteiger partial charge in [-0.05, 0) is 37.0 Å². The molecule has 4 rings (SSSR count). The molecule has 1 saturated carbocycles. The van der Waals surface area contributed by atoms with E-state index in [0.717, 1.165) is 31.2 Å². The molecule has 0 radical (unpaired) electrons. The largest absolute Gasteiger partial charge is 0.330 e. The van der Waals surface area contributed by atoms with Gasteiger partial charge in [0.1, 0.15) is 0 Å². The van der Waals surface area contributed by atoms with Gasteiger partial charge < -0.3 is 4.90 Å². The minimum atomic E-state index is -3.23. The van der Waals surface area contributed by atoms with Crippen LogP contribution >= 0.6 is 0 Å². The highest BCUT2D eigenvalue weighted by Gasteiger charge is 2.44. The maximum atomic E-state index is 13.1. The van der Waals surface area contributed by atoms with Gasteiger partial charge in [0.2, 0.25) is 10.0 Å². The van der Waals surface area contributed by atoms with Crippen molar-refractivity contribution < 1.29 is 18.0 Å². The van der Waals surface area contributed by atoms with Crippen LogP contribution in [0.15, 0.2) is 18.2 Å². The second-order valence-electron chi connectivity index (χ2n) is 7.48. The van der Waals surface area contributed by atoms with Crippen molar-refractivity contribution in [2.24, 2.45) is 5.84 Å². The van der Waals surface area contributed by atoms with E-state index < -0.39 is 15.9 Å². The van der Waals surface area contributed by atoms with E-state index >= 15 is 0 Å². The molecule has 1 aromatic carbocycles. The quantitative estimate of drug-likeness (QED) is 0.444. The minimum absolute atomic E-state index is 0.127. The highest BCUT2D eigenvalue weighted by atomic mass is 32.2. The third-order valence-corrected chi connectivity index (χ3v) is 7.91. The molecule has 3 aliphatic rings. The Kier molecular flexibility index (Phi) is 4.69. The van der Waals surface area contributed by atoms with Crippen LogP contribution in [0, 0.1) is 0 Å². The van der Waals surface area contributed by atoms with Crippen molar-refractivity contribution >= 4 is 21.8 Å². The maximum absolute atomic E-state index is 13.1. The predicted molar refractivity (Wildman–Crippen MR) is 99.1 cm³/mol. The summed E-state index contributed by atoms with van der Waals surface area (Å²) in [5.41, 5.74) is 3.79. The van der Waals surface area contributed by atoms with E-state index in [-0.39, 0.29) is 23.7 Å². The van der Waals surface area contributed by atoms with Crippen LogP contribution in [-0.4, -0.2) is 53.8 Å². The van der Waals surface area contributed by atoms with Crippen LogP contribution in [0.2, 0.25) is 0 Å². The highest BCUT2D eigenvalue weighted by Crippen LogP contribution is 2.35. The molecule has 3 N–H and O–H groups in total. The summed E-state index contributed by atoms with van der Waals surface area (Å²) >= 11 is 0. The number of benzene rings is 1. The number of hydrogen-bond acceptors (Lipinski definition) is 5. The maximum Gasteiger partial charge on any atom is 0.265 e. The molecule has 0 spiro atoms. The number of rotatable bonds is 3. The Bertz CT molecular complexity index is 885. The molecule has 1 aromatic rings. The van der Waals surface area contributed by atoms with Crippen LogP contribution in [0.4, 0.5) is 0 Å². The first kappa shape index (κ1) is 18.4. The summed E-state index contributed by atoms with van der Waals surface area (Å²) in [5, 5.41) is 0. The molecule has 2 aliphatic heterocycles. The lowest BCUT2D eigenvalue weighted by atomic mass is 9.89. The van der Waals surface area contributed by atoms with Gasteiger partial charge in [0, 0.05) is 36.3 Å².